The first-order chi connectivity index (χ1) is 16.6. The maximum atomic E-state index is 12.7. The summed E-state index contributed by atoms with van der Waals surface area (Å²) in [5, 5.41) is 17.9. The predicted octanol–water partition coefficient (Wildman–Crippen LogP) is 5.10. The number of rotatable bonds is 6. The number of hydrogen-bond acceptors (Lipinski definition) is 5. The normalized spacial score (nSPS) is 19.3. The Balaban J connectivity index is 1.19. The van der Waals surface area contributed by atoms with Crippen molar-refractivity contribution < 1.29 is 14.6 Å². The third-order valence-corrected chi connectivity index (χ3v) is 6.63. The number of ether oxygens (including phenoxy) is 1. The fourth-order valence-electron chi connectivity index (χ4n) is 4.72. The number of carbonyl (C=O) groups is 1. The fourth-order valence-corrected chi connectivity index (χ4v) is 4.72. The average Bonchev–Trinajstić information content (AvgIpc) is 3.33. The van der Waals surface area contributed by atoms with Crippen LogP contribution in [0.3, 0.4) is 0 Å². The van der Waals surface area contributed by atoms with Crippen molar-refractivity contribution in [2.24, 2.45) is 5.10 Å². The smallest absolute Gasteiger partial charge is 0.253 e. The lowest BCUT2D eigenvalue weighted by Crippen LogP contribution is -2.49. The van der Waals surface area contributed by atoms with Gasteiger partial charge in [0.05, 0.1) is 17.3 Å². The molecule has 5 rings (SSSR count). The van der Waals surface area contributed by atoms with Crippen LogP contribution in [0.2, 0.25) is 0 Å². The van der Waals surface area contributed by atoms with Crippen molar-refractivity contribution in [1.29, 1.82) is 0 Å². The van der Waals surface area contributed by atoms with E-state index in [4.69, 9.17) is 4.74 Å². The average molecular weight is 456 g/mol. The zero-order valence-electron chi connectivity index (χ0n) is 19.1. The number of para-hydroxylation sites is 1. The van der Waals surface area contributed by atoms with E-state index < -0.39 is 5.60 Å². The Kier molecular flexibility index (Phi) is 6.32. The van der Waals surface area contributed by atoms with Crippen molar-refractivity contribution in [3.8, 4) is 11.5 Å². The first-order valence-electron chi connectivity index (χ1n) is 11.8. The Labute approximate surface area is 200 Å². The van der Waals surface area contributed by atoms with Crippen LogP contribution in [0, 0.1) is 0 Å². The molecule has 2 aliphatic heterocycles. The first kappa shape index (κ1) is 22.2. The minimum atomic E-state index is -0.805. The summed E-state index contributed by atoms with van der Waals surface area (Å²) in [5.74, 6) is 1.60. The zero-order chi connectivity index (χ0) is 23.4. The Morgan fingerprint density at radius 2 is 1.53 bits per heavy atom. The summed E-state index contributed by atoms with van der Waals surface area (Å²) in [6.45, 7) is 1.12. The highest BCUT2D eigenvalue weighted by Crippen LogP contribution is 2.34. The molecule has 2 heterocycles. The highest BCUT2D eigenvalue weighted by atomic mass is 16.5. The fraction of sp³-hybridized carbons (Fsp3) is 0.286. The van der Waals surface area contributed by atoms with Crippen molar-refractivity contribution in [3.63, 3.8) is 0 Å². The minimum absolute atomic E-state index is 0.0336. The maximum Gasteiger partial charge on any atom is 0.253 e. The second-order valence-electron chi connectivity index (χ2n) is 9.03. The van der Waals surface area contributed by atoms with Crippen LogP contribution in [0.1, 0.15) is 36.0 Å². The highest BCUT2D eigenvalue weighted by molar-refractivity contribution is 5.94. The van der Waals surface area contributed by atoms with Crippen molar-refractivity contribution >= 4 is 17.8 Å². The molecule has 0 saturated carbocycles. The molecular weight excluding hydrogens is 426 g/mol. The van der Waals surface area contributed by atoms with Gasteiger partial charge in [0.1, 0.15) is 11.5 Å². The number of aliphatic hydroxyl groups is 1. The third-order valence-electron chi connectivity index (χ3n) is 6.63. The molecule has 1 N–H and O–H groups in total. The monoisotopic (exact) mass is 455 g/mol. The Bertz CT molecular complexity index is 1120. The van der Waals surface area contributed by atoms with Crippen molar-refractivity contribution in [2.75, 3.05) is 18.1 Å². The summed E-state index contributed by atoms with van der Waals surface area (Å²) in [4.78, 5) is 14.6. The third kappa shape index (κ3) is 4.97. The van der Waals surface area contributed by atoms with Gasteiger partial charge in [-0.3, -0.25) is 9.80 Å². The first-order valence-corrected chi connectivity index (χ1v) is 11.8. The molecule has 1 fully saturated rings. The molecule has 3 aromatic rings. The van der Waals surface area contributed by atoms with Gasteiger partial charge in [-0.1, -0.05) is 36.4 Å². The summed E-state index contributed by atoms with van der Waals surface area (Å²) < 4.78 is 5.89. The van der Waals surface area contributed by atoms with Crippen LogP contribution in [0.25, 0.3) is 0 Å². The summed E-state index contributed by atoms with van der Waals surface area (Å²) >= 11 is 0. The van der Waals surface area contributed by atoms with E-state index in [9.17, 15) is 9.90 Å². The van der Waals surface area contributed by atoms with E-state index in [1.165, 1.54) is 0 Å². The number of nitrogens with zero attached hydrogens (tertiary/aromatic N) is 3. The molecule has 3 aromatic carbocycles. The van der Waals surface area contributed by atoms with E-state index in [0.717, 1.165) is 23.6 Å². The van der Waals surface area contributed by atoms with E-state index in [1.807, 2.05) is 101 Å². The van der Waals surface area contributed by atoms with Gasteiger partial charge in [-0.05, 0) is 67.8 Å². The van der Waals surface area contributed by atoms with Crippen molar-refractivity contribution in [2.45, 2.75) is 37.3 Å². The lowest BCUT2D eigenvalue weighted by atomic mass is 9.84. The van der Waals surface area contributed by atoms with Crippen LogP contribution >= 0.6 is 0 Å². The van der Waals surface area contributed by atoms with E-state index in [-0.39, 0.29) is 11.9 Å². The number of anilines is 1. The molecule has 0 spiro atoms. The molecule has 6 heteroatoms. The minimum Gasteiger partial charge on any atom is -0.457 e. The Hall–Kier alpha value is -3.64. The number of hydrogen-bond donors (Lipinski definition) is 1. The van der Waals surface area contributed by atoms with Crippen LogP contribution in [0.4, 0.5) is 5.69 Å². The van der Waals surface area contributed by atoms with Gasteiger partial charge in [0.2, 0.25) is 0 Å². The zero-order valence-corrected chi connectivity index (χ0v) is 19.1. The van der Waals surface area contributed by atoms with Crippen molar-refractivity contribution in [1.82, 2.24) is 4.90 Å². The van der Waals surface area contributed by atoms with Crippen molar-refractivity contribution in [3.05, 3.63) is 90.5 Å². The second-order valence-corrected chi connectivity index (χ2v) is 9.03. The number of benzene rings is 3. The molecule has 1 amide bonds. The lowest BCUT2D eigenvalue weighted by Gasteiger charge is -2.40. The molecule has 6 nitrogen and oxygen atoms in total. The molecule has 1 saturated heterocycles. The summed E-state index contributed by atoms with van der Waals surface area (Å²) in [5.41, 5.74) is 0.864. The van der Waals surface area contributed by atoms with E-state index in [1.54, 1.807) is 0 Å². The van der Waals surface area contributed by atoms with Gasteiger partial charge in [-0.2, -0.15) is 5.10 Å². The number of carbonyl (C=O) groups excluding carboxylic acids is 1. The summed E-state index contributed by atoms with van der Waals surface area (Å²) in [6.07, 6.45) is 4.45. The molecule has 0 aromatic heterocycles. The molecule has 174 valence electrons. The van der Waals surface area contributed by atoms with Gasteiger partial charge in [0.15, 0.2) is 0 Å². The Morgan fingerprint density at radius 3 is 2.21 bits per heavy atom. The van der Waals surface area contributed by atoms with E-state index in [0.29, 0.717) is 37.9 Å². The summed E-state index contributed by atoms with van der Waals surface area (Å²) in [6, 6.07) is 27.0. The molecule has 0 radical (unpaired) electrons. The van der Waals surface area contributed by atoms with Crippen LogP contribution in [-0.4, -0.2) is 46.9 Å². The van der Waals surface area contributed by atoms with Gasteiger partial charge in [0, 0.05) is 31.3 Å². The van der Waals surface area contributed by atoms with Crippen LogP contribution in [0.5, 0.6) is 11.5 Å². The van der Waals surface area contributed by atoms with Crippen LogP contribution in [-0.2, 0) is 0 Å². The molecule has 0 aliphatic carbocycles. The number of piperidine rings is 1. The van der Waals surface area contributed by atoms with Crippen LogP contribution in [0.15, 0.2) is 90.0 Å². The molecule has 34 heavy (non-hydrogen) atoms. The molecule has 0 bridgehead atoms. The molecular formula is C28H29N3O3. The summed E-state index contributed by atoms with van der Waals surface area (Å²) in [7, 11) is 0. The van der Waals surface area contributed by atoms with E-state index in [2.05, 4.69) is 5.10 Å². The van der Waals surface area contributed by atoms with Gasteiger partial charge in [0.25, 0.3) is 5.91 Å². The Morgan fingerprint density at radius 1 is 0.912 bits per heavy atom. The van der Waals surface area contributed by atoms with Gasteiger partial charge < -0.3 is 14.7 Å². The van der Waals surface area contributed by atoms with Gasteiger partial charge in [-0.25, -0.2) is 0 Å². The standard InChI is InChI=1S/C28H29N3O3/c32-27(22-7-3-1-4-8-22)30-19-16-28(33,17-20-30)21-24-15-18-29-31(24)23-11-13-26(14-12-23)34-25-9-5-2-6-10-25/h1-14,18,24,33H,15-17,19-21H2. The van der Waals surface area contributed by atoms with E-state index >= 15 is 0 Å². The predicted molar refractivity (Wildman–Crippen MR) is 133 cm³/mol. The van der Waals surface area contributed by atoms with Crippen LogP contribution < -0.4 is 9.75 Å². The number of hydrazone groups is 1. The molecule has 1 atom stereocenters. The highest BCUT2D eigenvalue weighted by Gasteiger charge is 2.38. The number of likely N-dealkylation sites (tertiary alicyclic amines) is 1. The SMILES string of the molecule is O=C(c1ccccc1)N1CCC(O)(CC2CC=NN2c2ccc(Oc3ccccc3)cc2)CC1. The van der Waals surface area contributed by atoms with Gasteiger partial charge >= 0.3 is 0 Å². The molecule has 1 unspecified atom stereocenters. The largest absolute Gasteiger partial charge is 0.457 e. The van der Waals surface area contributed by atoms with Gasteiger partial charge in [-0.15, -0.1) is 0 Å². The lowest BCUT2D eigenvalue weighted by molar-refractivity contribution is -0.0268. The topological polar surface area (TPSA) is 65.4 Å². The maximum absolute atomic E-state index is 12.7. The quantitative estimate of drug-likeness (QED) is 0.562. The number of amides is 1. The molecule has 2 aliphatic rings. The second kappa shape index (κ2) is 9.69.